The molecule has 0 aliphatic carbocycles. The number of aromatic nitrogens is 3. The van der Waals surface area contributed by atoms with Gasteiger partial charge in [0.1, 0.15) is 0 Å². The fourth-order valence-corrected chi connectivity index (χ4v) is 5.03. The predicted molar refractivity (Wildman–Crippen MR) is 126 cm³/mol. The van der Waals surface area contributed by atoms with Gasteiger partial charge in [0.15, 0.2) is 0 Å². The molecule has 0 amide bonds. The highest BCUT2D eigenvalue weighted by molar-refractivity contribution is 7.16. The molecule has 1 aromatic carbocycles. The average molecular weight is 490 g/mol. The number of alkyl halides is 2. The minimum atomic E-state index is -2.75. The molecule has 5 nitrogen and oxygen atoms in total. The zero-order valence-electron chi connectivity index (χ0n) is 18.0. The Labute approximate surface area is 198 Å². The second-order valence-electron chi connectivity index (χ2n) is 7.87. The van der Waals surface area contributed by atoms with E-state index in [0.717, 1.165) is 28.7 Å². The first-order valence-electron chi connectivity index (χ1n) is 10.3. The van der Waals surface area contributed by atoms with E-state index in [9.17, 15) is 18.7 Å². The van der Waals surface area contributed by atoms with Crippen LogP contribution in [0.4, 0.5) is 8.78 Å². The third-order valence-electron chi connectivity index (χ3n) is 5.47. The highest BCUT2D eigenvalue weighted by atomic mass is 35.5. The molecule has 33 heavy (non-hydrogen) atoms. The van der Waals surface area contributed by atoms with Crippen molar-refractivity contribution < 1.29 is 13.9 Å². The van der Waals surface area contributed by atoms with E-state index in [1.165, 1.54) is 22.0 Å². The summed E-state index contributed by atoms with van der Waals surface area (Å²) in [6.45, 7) is 3.44. The van der Waals surface area contributed by atoms with Crippen LogP contribution in [0.3, 0.4) is 0 Å². The molecule has 9 heteroatoms. The first-order valence-corrected chi connectivity index (χ1v) is 11.5. The first kappa shape index (κ1) is 23.4. The Morgan fingerprint density at radius 3 is 2.52 bits per heavy atom. The lowest BCUT2D eigenvalue weighted by Crippen LogP contribution is -2.30. The van der Waals surface area contributed by atoms with E-state index in [4.69, 9.17) is 11.6 Å². The van der Waals surface area contributed by atoms with Crippen LogP contribution < -0.4 is 5.56 Å². The summed E-state index contributed by atoms with van der Waals surface area (Å²) in [5.41, 5.74) is 3.18. The number of hydrogen-bond donors (Lipinski definition) is 1. The largest absolute Gasteiger partial charge is 0.394 e. The van der Waals surface area contributed by atoms with Crippen molar-refractivity contribution >= 4 is 22.9 Å². The summed E-state index contributed by atoms with van der Waals surface area (Å²) in [7, 11) is 0. The number of imidazole rings is 1. The summed E-state index contributed by atoms with van der Waals surface area (Å²) in [6, 6.07) is 9.54. The standard InChI is InChI=1S/C24H22ClF2N3O2S/c1-14-7-16(3-4-19(14)29-10-15(2)28-13-29)8-17-9-18(23(26)27)11-30(24(17)32)20(12-31)21-5-6-22(25)33-21/h3-7,9-11,13,20,23,31H,8,12H2,1-2H3/t20-/m0/s1. The Balaban J connectivity index is 1.73. The molecule has 0 radical (unpaired) electrons. The van der Waals surface area contributed by atoms with Crippen molar-refractivity contribution in [2.24, 2.45) is 0 Å². The van der Waals surface area contributed by atoms with Crippen molar-refractivity contribution in [2.45, 2.75) is 32.7 Å². The number of halogens is 3. The van der Waals surface area contributed by atoms with Crippen LogP contribution >= 0.6 is 22.9 Å². The molecular weight excluding hydrogens is 468 g/mol. The summed E-state index contributed by atoms with van der Waals surface area (Å²) in [5.74, 6) is 0. The smallest absolute Gasteiger partial charge is 0.265 e. The van der Waals surface area contributed by atoms with E-state index in [2.05, 4.69) is 4.98 Å². The van der Waals surface area contributed by atoms with Gasteiger partial charge in [-0.3, -0.25) is 4.79 Å². The van der Waals surface area contributed by atoms with Gasteiger partial charge in [-0.15, -0.1) is 11.3 Å². The van der Waals surface area contributed by atoms with Crippen molar-refractivity contribution in [1.82, 2.24) is 14.1 Å². The SMILES string of the molecule is Cc1cn(-c2ccc(Cc3cc(C(F)F)cn([C@@H](CO)c4ccc(Cl)s4)c3=O)cc2C)cn1. The van der Waals surface area contributed by atoms with Crippen LogP contribution in [0.1, 0.15) is 45.3 Å². The fourth-order valence-electron chi connectivity index (χ4n) is 3.88. The van der Waals surface area contributed by atoms with E-state index in [-0.39, 0.29) is 17.5 Å². The molecule has 3 heterocycles. The number of hydrogen-bond acceptors (Lipinski definition) is 4. The topological polar surface area (TPSA) is 60.0 Å². The Kier molecular flexibility index (Phi) is 6.78. The summed E-state index contributed by atoms with van der Waals surface area (Å²) < 4.78 is 30.9. The van der Waals surface area contributed by atoms with E-state index < -0.39 is 24.6 Å². The highest BCUT2D eigenvalue weighted by Crippen LogP contribution is 2.30. The van der Waals surface area contributed by atoms with Crippen LogP contribution in [0, 0.1) is 13.8 Å². The van der Waals surface area contributed by atoms with Crippen LogP contribution in [-0.2, 0) is 6.42 Å². The molecule has 0 spiro atoms. The van der Waals surface area contributed by atoms with Gasteiger partial charge in [0.05, 0.1) is 29.0 Å². The van der Waals surface area contributed by atoms with Crippen LogP contribution in [0.15, 0.2) is 59.9 Å². The molecule has 0 saturated carbocycles. The molecule has 4 aromatic rings. The Morgan fingerprint density at radius 2 is 1.94 bits per heavy atom. The van der Waals surface area contributed by atoms with Crippen molar-refractivity contribution in [2.75, 3.05) is 6.61 Å². The quantitative estimate of drug-likeness (QED) is 0.374. The van der Waals surface area contributed by atoms with Gasteiger partial charge in [-0.2, -0.15) is 0 Å². The Hall–Kier alpha value is -2.81. The molecule has 0 bridgehead atoms. The summed E-state index contributed by atoms with van der Waals surface area (Å²) in [5, 5.41) is 9.96. The molecule has 172 valence electrons. The zero-order chi connectivity index (χ0) is 23.7. The number of pyridine rings is 1. The third-order valence-corrected chi connectivity index (χ3v) is 6.80. The predicted octanol–water partition coefficient (Wildman–Crippen LogP) is 5.48. The summed E-state index contributed by atoms with van der Waals surface area (Å²) in [6.07, 6.45) is 2.20. The van der Waals surface area contributed by atoms with Crippen molar-refractivity contribution in [3.05, 3.63) is 103 Å². The first-order chi connectivity index (χ1) is 15.8. The van der Waals surface area contributed by atoms with E-state index >= 15 is 0 Å². The summed E-state index contributed by atoms with van der Waals surface area (Å²) in [4.78, 5) is 18.1. The second-order valence-corrected chi connectivity index (χ2v) is 9.62. The minimum Gasteiger partial charge on any atom is -0.394 e. The highest BCUT2D eigenvalue weighted by Gasteiger charge is 2.21. The van der Waals surface area contributed by atoms with E-state index in [0.29, 0.717) is 9.21 Å². The van der Waals surface area contributed by atoms with Gasteiger partial charge in [0.2, 0.25) is 0 Å². The number of aliphatic hydroxyl groups excluding tert-OH is 1. The second kappa shape index (κ2) is 9.59. The van der Waals surface area contributed by atoms with Crippen LogP contribution in [0.5, 0.6) is 0 Å². The molecule has 0 aliphatic rings. The van der Waals surface area contributed by atoms with Crippen LogP contribution in [0.25, 0.3) is 5.69 Å². The maximum atomic E-state index is 13.7. The molecule has 0 saturated heterocycles. The maximum absolute atomic E-state index is 13.7. The normalized spacial score (nSPS) is 12.5. The van der Waals surface area contributed by atoms with Crippen LogP contribution in [0.2, 0.25) is 4.34 Å². The molecule has 1 atom stereocenters. The lowest BCUT2D eigenvalue weighted by Gasteiger charge is -2.19. The number of nitrogens with zero attached hydrogens (tertiary/aromatic N) is 3. The van der Waals surface area contributed by atoms with Crippen molar-refractivity contribution in [3.63, 3.8) is 0 Å². The van der Waals surface area contributed by atoms with Gasteiger partial charge in [-0.1, -0.05) is 23.7 Å². The van der Waals surface area contributed by atoms with Crippen molar-refractivity contribution in [1.29, 1.82) is 0 Å². The lowest BCUT2D eigenvalue weighted by atomic mass is 10.0. The molecule has 0 unspecified atom stereocenters. The van der Waals surface area contributed by atoms with Gasteiger partial charge in [0.25, 0.3) is 12.0 Å². The Bertz CT molecular complexity index is 1350. The molecule has 0 fully saturated rings. The van der Waals surface area contributed by atoms with Gasteiger partial charge in [-0.05, 0) is 49.2 Å². The minimum absolute atomic E-state index is 0.187. The number of aliphatic hydroxyl groups is 1. The molecule has 4 rings (SSSR count). The van der Waals surface area contributed by atoms with Gasteiger partial charge in [-0.25, -0.2) is 13.8 Å². The Morgan fingerprint density at radius 1 is 1.15 bits per heavy atom. The van der Waals surface area contributed by atoms with Gasteiger partial charge < -0.3 is 14.2 Å². The van der Waals surface area contributed by atoms with E-state index in [1.54, 1.807) is 18.5 Å². The number of rotatable bonds is 7. The zero-order valence-corrected chi connectivity index (χ0v) is 19.6. The number of benzene rings is 1. The van der Waals surface area contributed by atoms with Gasteiger partial charge in [0, 0.05) is 40.5 Å². The van der Waals surface area contributed by atoms with Crippen molar-refractivity contribution in [3.8, 4) is 5.69 Å². The molecule has 0 aliphatic heterocycles. The fraction of sp³-hybridized carbons (Fsp3) is 0.250. The van der Waals surface area contributed by atoms with Gasteiger partial charge >= 0.3 is 0 Å². The molecule has 1 N–H and O–H groups in total. The lowest BCUT2D eigenvalue weighted by molar-refractivity contribution is 0.149. The summed E-state index contributed by atoms with van der Waals surface area (Å²) >= 11 is 7.21. The number of aryl methyl sites for hydroxylation is 2. The number of thiophene rings is 1. The van der Waals surface area contributed by atoms with E-state index in [1.807, 2.05) is 42.8 Å². The van der Waals surface area contributed by atoms with Crippen LogP contribution in [-0.4, -0.2) is 25.8 Å². The third kappa shape index (κ3) is 4.93. The molecule has 3 aromatic heterocycles. The molecular formula is C24H22ClF2N3O2S. The average Bonchev–Trinajstić information content (AvgIpc) is 3.39. The maximum Gasteiger partial charge on any atom is 0.265 e. The monoisotopic (exact) mass is 489 g/mol.